The number of aromatic amines is 1. The van der Waals surface area contributed by atoms with Gasteiger partial charge in [0.05, 0.1) is 22.8 Å². The van der Waals surface area contributed by atoms with Gasteiger partial charge in [0.25, 0.3) is 11.5 Å². The van der Waals surface area contributed by atoms with Crippen LogP contribution in [0, 0.1) is 0 Å². The van der Waals surface area contributed by atoms with Crippen molar-refractivity contribution in [1.82, 2.24) is 29.3 Å². The Morgan fingerprint density at radius 3 is 2.69 bits per heavy atom. The van der Waals surface area contributed by atoms with Gasteiger partial charge in [0, 0.05) is 24.6 Å². The van der Waals surface area contributed by atoms with Crippen LogP contribution in [0.3, 0.4) is 0 Å². The van der Waals surface area contributed by atoms with E-state index in [4.69, 9.17) is 0 Å². The number of amides is 1. The van der Waals surface area contributed by atoms with Crippen molar-refractivity contribution in [1.29, 1.82) is 0 Å². The second-order valence-corrected chi connectivity index (χ2v) is 7.67. The van der Waals surface area contributed by atoms with Crippen LogP contribution in [0.25, 0.3) is 16.9 Å². The van der Waals surface area contributed by atoms with E-state index in [1.807, 2.05) is 20.8 Å². The zero-order valence-corrected chi connectivity index (χ0v) is 18.0. The highest BCUT2D eigenvalue weighted by atomic mass is 16.2. The first-order valence-electron chi connectivity index (χ1n) is 10.3. The first kappa shape index (κ1) is 21.2. The molecular formula is C22H23N7O3. The summed E-state index contributed by atoms with van der Waals surface area (Å²) in [6.45, 7) is 6.16. The predicted molar refractivity (Wildman–Crippen MR) is 120 cm³/mol. The second-order valence-electron chi connectivity index (χ2n) is 7.67. The Balaban J connectivity index is 1.79. The molecule has 0 unspecified atom stereocenters. The zero-order chi connectivity index (χ0) is 22.8. The van der Waals surface area contributed by atoms with Gasteiger partial charge in [0.15, 0.2) is 11.5 Å². The number of anilines is 1. The van der Waals surface area contributed by atoms with E-state index in [2.05, 4.69) is 25.4 Å². The quantitative estimate of drug-likeness (QED) is 0.481. The molecule has 10 heteroatoms. The van der Waals surface area contributed by atoms with E-state index in [0.717, 1.165) is 0 Å². The van der Waals surface area contributed by atoms with Crippen LogP contribution in [0.1, 0.15) is 49.2 Å². The molecule has 0 aromatic carbocycles. The Kier molecular flexibility index (Phi) is 5.67. The average molecular weight is 433 g/mol. The van der Waals surface area contributed by atoms with E-state index in [-0.39, 0.29) is 22.5 Å². The van der Waals surface area contributed by atoms with Crippen molar-refractivity contribution in [3.05, 3.63) is 75.0 Å². The normalized spacial score (nSPS) is 11.2. The summed E-state index contributed by atoms with van der Waals surface area (Å²) in [5.74, 6) is 0.107. The van der Waals surface area contributed by atoms with Crippen molar-refractivity contribution in [2.75, 3.05) is 5.32 Å². The molecule has 0 spiro atoms. The molecule has 0 radical (unpaired) electrons. The van der Waals surface area contributed by atoms with E-state index in [9.17, 15) is 14.4 Å². The number of aryl methyl sites for hydroxylation is 1. The van der Waals surface area contributed by atoms with Gasteiger partial charge >= 0.3 is 5.69 Å². The number of H-pyrrole nitrogens is 1. The van der Waals surface area contributed by atoms with Crippen molar-refractivity contribution < 1.29 is 4.79 Å². The van der Waals surface area contributed by atoms with Gasteiger partial charge in [0.1, 0.15) is 0 Å². The molecule has 0 saturated carbocycles. The summed E-state index contributed by atoms with van der Waals surface area (Å²) in [7, 11) is 0. The summed E-state index contributed by atoms with van der Waals surface area (Å²) in [5, 5.41) is 6.99. The lowest BCUT2D eigenvalue weighted by molar-refractivity contribution is 0.102. The van der Waals surface area contributed by atoms with Crippen LogP contribution in [0.4, 0.5) is 5.69 Å². The number of aromatic nitrogens is 6. The molecule has 0 atom stereocenters. The van der Waals surface area contributed by atoms with Crippen LogP contribution in [-0.4, -0.2) is 35.2 Å². The summed E-state index contributed by atoms with van der Waals surface area (Å²) in [5.41, 5.74) is 0.259. The van der Waals surface area contributed by atoms with Crippen LogP contribution < -0.4 is 16.6 Å². The second kappa shape index (κ2) is 8.58. The topological polar surface area (TPSA) is 128 Å². The van der Waals surface area contributed by atoms with E-state index in [1.54, 1.807) is 41.3 Å². The summed E-state index contributed by atoms with van der Waals surface area (Å²) < 4.78 is 3.00. The third-order valence-electron chi connectivity index (χ3n) is 5.00. The van der Waals surface area contributed by atoms with E-state index >= 15 is 0 Å². The molecule has 32 heavy (non-hydrogen) atoms. The fraction of sp³-hybridized carbons (Fsp3) is 0.273. The molecule has 0 fully saturated rings. The fourth-order valence-corrected chi connectivity index (χ4v) is 3.40. The first-order valence-corrected chi connectivity index (χ1v) is 10.3. The third kappa shape index (κ3) is 3.94. The molecule has 0 bridgehead atoms. The van der Waals surface area contributed by atoms with Crippen LogP contribution in [-0.2, 0) is 6.54 Å². The molecule has 10 nitrogen and oxygen atoms in total. The van der Waals surface area contributed by atoms with Gasteiger partial charge in [-0.3, -0.25) is 19.1 Å². The molecule has 2 N–H and O–H groups in total. The van der Waals surface area contributed by atoms with Crippen LogP contribution in [0.5, 0.6) is 0 Å². The van der Waals surface area contributed by atoms with Gasteiger partial charge in [-0.15, -0.1) is 0 Å². The number of carbonyl (C=O) groups is 1. The standard InChI is InChI=1S/C22H23N7O3/c1-4-9-28-19-18(21(31)27-22(28)32)15(11-16(26-19)13(2)3)20(30)25-14-6-7-17(23-12-14)29-10-5-8-24-29/h5-8,10-13H,4,9H2,1-3H3,(H,25,30)(H,27,31,32). The Labute approximate surface area is 183 Å². The molecule has 0 aliphatic carbocycles. The molecule has 4 rings (SSSR count). The molecule has 4 aromatic rings. The Morgan fingerprint density at radius 1 is 1.25 bits per heavy atom. The van der Waals surface area contributed by atoms with Crippen LogP contribution in [0.15, 0.2) is 52.4 Å². The average Bonchev–Trinajstić information content (AvgIpc) is 3.31. The smallest absolute Gasteiger partial charge is 0.321 e. The summed E-state index contributed by atoms with van der Waals surface area (Å²) in [6, 6.07) is 6.81. The summed E-state index contributed by atoms with van der Waals surface area (Å²) in [6.07, 6.45) is 5.59. The third-order valence-corrected chi connectivity index (χ3v) is 5.00. The molecule has 0 saturated heterocycles. The molecule has 0 aliphatic rings. The molecule has 4 aromatic heterocycles. The minimum Gasteiger partial charge on any atom is -0.321 e. The van der Waals surface area contributed by atoms with Gasteiger partial charge in [-0.05, 0) is 36.6 Å². The molecule has 1 amide bonds. The number of hydrogen-bond donors (Lipinski definition) is 2. The highest BCUT2D eigenvalue weighted by molar-refractivity contribution is 6.11. The number of fused-ring (bicyclic) bond motifs is 1. The Bertz CT molecular complexity index is 1380. The number of nitrogens with zero attached hydrogens (tertiary/aromatic N) is 5. The maximum atomic E-state index is 13.2. The van der Waals surface area contributed by atoms with Crippen molar-refractivity contribution in [2.45, 2.75) is 39.7 Å². The van der Waals surface area contributed by atoms with Gasteiger partial charge < -0.3 is 5.32 Å². The number of pyridine rings is 2. The van der Waals surface area contributed by atoms with Crippen molar-refractivity contribution in [3.8, 4) is 5.82 Å². The maximum Gasteiger partial charge on any atom is 0.329 e. The van der Waals surface area contributed by atoms with Gasteiger partial charge in [0.2, 0.25) is 0 Å². The first-order chi connectivity index (χ1) is 15.4. The molecule has 4 heterocycles. The monoisotopic (exact) mass is 433 g/mol. The SMILES string of the molecule is CCCn1c(=O)[nH]c(=O)c2c(C(=O)Nc3ccc(-n4cccn4)nc3)cc(C(C)C)nc21. The number of nitrogens with one attached hydrogen (secondary N) is 2. The maximum absolute atomic E-state index is 13.2. The summed E-state index contributed by atoms with van der Waals surface area (Å²) in [4.78, 5) is 49.4. The summed E-state index contributed by atoms with van der Waals surface area (Å²) >= 11 is 0. The van der Waals surface area contributed by atoms with Crippen LogP contribution >= 0.6 is 0 Å². The number of hydrogen-bond acceptors (Lipinski definition) is 6. The lowest BCUT2D eigenvalue weighted by Gasteiger charge is -2.14. The minimum atomic E-state index is -0.641. The van der Waals surface area contributed by atoms with Crippen LogP contribution in [0.2, 0.25) is 0 Å². The van der Waals surface area contributed by atoms with E-state index in [0.29, 0.717) is 30.2 Å². The molecule has 164 valence electrons. The lowest BCUT2D eigenvalue weighted by atomic mass is 10.0. The molecular weight excluding hydrogens is 410 g/mol. The van der Waals surface area contributed by atoms with Gasteiger partial charge in [-0.25, -0.2) is 19.4 Å². The molecule has 0 aliphatic heterocycles. The predicted octanol–water partition coefficient (Wildman–Crippen LogP) is 2.45. The zero-order valence-electron chi connectivity index (χ0n) is 18.0. The number of carbonyl (C=O) groups excluding carboxylic acids is 1. The fourth-order valence-electron chi connectivity index (χ4n) is 3.40. The van der Waals surface area contributed by atoms with E-state index < -0.39 is 17.2 Å². The van der Waals surface area contributed by atoms with Gasteiger partial charge in [-0.1, -0.05) is 20.8 Å². The highest BCUT2D eigenvalue weighted by Crippen LogP contribution is 2.21. The van der Waals surface area contributed by atoms with Crippen molar-refractivity contribution in [2.24, 2.45) is 0 Å². The number of rotatable bonds is 6. The van der Waals surface area contributed by atoms with E-state index in [1.165, 1.54) is 10.8 Å². The lowest BCUT2D eigenvalue weighted by Crippen LogP contribution is -2.32. The largest absolute Gasteiger partial charge is 0.329 e. The minimum absolute atomic E-state index is 0.00885. The van der Waals surface area contributed by atoms with Gasteiger partial charge in [-0.2, -0.15) is 5.10 Å². The van der Waals surface area contributed by atoms with Crippen molar-refractivity contribution in [3.63, 3.8) is 0 Å². The van der Waals surface area contributed by atoms with Crippen molar-refractivity contribution >= 4 is 22.6 Å². The Hall–Kier alpha value is -4.08. The Morgan fingerprint density at radius 2 is 2.06 bits per heavy atom. The highest BCUT2D eigenvalue weighted by Gasteiger charge is 2.20.